The first-order valence-corrected chi connectivity index (χ1v) is 10.1. The highest BCUT2D eigenvalue weighted by atomic mass is 16.2. The molecule has 28 heavy (non-hydrogen) atoms. The van der Waals surface area contributed by atoms with Gasteiger partial charge in [0.25, 0.3) is 5.91 Å². The molecular formula is C26H25NO. The number of carbonyl (C=O) groups is 1. The molecule has 140 valence electrons. The molecule has 1 aliphatic heterocycles. The maximum atomic E-state index is 13.1. The van der Waals surface area contributed by atoms with Crippen molar-refractivity contribution in [1.29, 1.82) is 0 Å². The molecule has 0 bridgehead atoms. The van der Waals surface area contributed by atoms with Gasteiger partial charge in [0, 0.05) is 16.8 Å². The second-order valence-electron chi connectivity index (χ2n) is 7.25. The number of para-hydroxylation sites is 1. The van der Waals surface area contributed by atoms with Crippen LogP contribution in [-0.4, -0.2) is 5.91 Å². The number of hydrogen-bond donors (Lipinski definition) is 0. The second kappa shape index (κ2) is 8.26. The summed E-state index contributed by atoms with van der Waals surface area (Å²) in [5, 5.41) is 0. The average molecular weight is 367 g/mol. The molecule has 3 aromatic rings. The summed E-state index contributed by atoms with van der Waals surface area (Å²) in [5.41, 5.74) is 6.06. The fraction of sp³-hybridized carbons (Fsp3) is 0.192. The first-order chi connectivity index (χ1) is 13.8. The second-order valence-corrected chi connectivity index (χ2v) is 7.25. The lowest BCUT2D eigenvalue weighted by Crippen LogP contribution is -2.22. The summed E-state index contributed by atoms with van der Waals surface area (Å²) >= 11 is 0. The summed E-state index contributed by atoms with van der Waals surface area (Å²) in [4.78, 5) is 14.9. The van der Waals surface area contributed by atoms with Crippen LogP contribution in [0.5, 0.6) is 0 Å². The van der Waals surface area contributed by atoms with Crippen molar-refractivity contribution in [2.24, 2.45) is 0 Å². The number of anilines is 1. The van der Waals surface area contributed by atoms with Crippen molar-refractivity contribution in [1.82, 2.24) is 0 Å². The molecule has 4 rings (SSSR count). The lowest BCUT2D eigenvalue weighted by molar-refractivity contribution is 0.101. The van der Waals surface area contributed by atoms with Crippen LogP contribution >= 0.6 is 0 Å². The van der Waals surface area contributed by atoms with Crippen LogP contribution in [0.1, 0.15) is 53.2 Å². The van der Waals surface area contributed by atoms with Crippen LogP contribution in [0, 0.1) is 0 Å². The molecule has 1 amide bonds. The predicted octanol–water partition coefficient (Wildman–Crippen LogP) is 6.58. The molecule has 3 aromatic carbocycles. The number of fused-ring (bicyclic) bond motifs is 1. The van der Waals surface area contributed by atoms with E-state index in [4.69, 9.17) is 0 Å². The molecule has 0 aliphatic carbocycles. The van der Waals surface area contributed by atoms with Crippen molar-refractivity contribution in [3.05, 3.63) is 101 Å². The van der Waals surface area contributed by atoms with E-state index in [1.165, 1.54) is 24.8 Å². The van der Waals surface area contributed by atoms with Crippen molar-refractivity contribution in [2.75, 3.05) is 4.90 Å². The molecule has 0 atom stereocenters. The fourth-order valence-electron chi connectivity index (χ4n) is 3.74. The van der Waals surface area contributed by atoms with Crippen LogP contribution in [0.15, 0.2) is 78.9 Å². The van der Waals surface area contributed by atoms with E-state index in [1.807, 2.05) is 59.5 Å². The molecule has 0 radical (unpaired) electrons. The van der Waals surface area contributed by atoms with Gasteiger partial charge in [-0.05, 0) is 48.2 Å². The fourth-order valence-corrected chi connectivity index (χ4v) is 3.74. The first-order valence-electron chi connectivity index (χ1n) is 10.1. The van der Waals surface area contributed by atoms with Crippen LogP contribution in [0.2, 0.25) is 0 Å². The summed E-state index contributed by atoms with van der Waals surface area (Å²) in [6.07, 6.45) is 7.00. The van der Waals surface area contributed by atoms with Crippen LogP contribution in [0.25, 0.3) is 11.8 Å². The van der Waals surface area contributed by atoms with Crippen LogP contribution < -0.4 is 4.90 Å². The smallest absolute Gasteiger partial charge is 0.263 e. The Bertz CT molecular complexity index is 986. The molecule has 0 saturated carbocycles. The minimum absolute atomic E-state index is 0.0317. The Morgan fingerprint density at radius 3 is 2.18 bits per heavy atom. The number of nitrogens with zero attached hydrogens (tertiary/aromatic N) is 1. The van der Waals surface area contributed by atoms with E-state index in [9.17, 15) is 4.79 Å². The van der Waals surface area contributed by atoms with Gasteiger partial charge in [-0.25, -0.2) is 0 Å². The Morgan fingerprint density at radius 1 is 0.786 bits per heavy atom. The molecule has 0 spiro atoms. The SMILES string of the molecule is CCCCCc1ccc(/C=C2/c3ccccc3C(=O)N2c2ccccc2)cc1. The Labute approximate surface area is 167 Å². The van der Waals surface area contributed by atoms with Gasteiger partial charge in [-0.1, -0.05) is 80.4 Å². The monoisotopic (exact) mass is 367 g/mol. The van der Waals surface area contributed by atoms with E-state index in [0.29, 0.717) is 0 Å². The minimum atomic E-state index is 0.0317. The summed E-state index contributed by atoms with van der Waals surface area (Å²) in [7, 11) is 0. The first kappa shape index (κ1) is 18.2. The van der Waals surface area contributed by atoms with Crippen LogP contribution in [0.3, 0.4) is 0 Å². The number of unbranched alkanes of at least 4 members (excludes halogenated alkanes) is 2. The maximum absolute atomic E-state index is 13.1. The van der Waals surface area contributed by atoms with E-state index in [1.54, 1.807) is 0 Å². The summed E-state index contributed by atoms with van der Waals surface area (Å²) in [6.45, 7) is 2.23. The number of hydrogen-bond acceptors (Lipinski definition) is 1. The van der Waals surface area contributed by atoms with E-state index in [-0.39, 0.29) is 5.91 Å². The van der Waals surface area contributed by atoms with Gasteiger partial charge in [-0.2, -0.15) is 0 Å². The van der Waals surface area contributed by atoms with Crippen molar-refractivity contribution >= 4 is 23.4 Å². The third-order valence-corrected chi connectivity index (χ3v) is 5.24. The van der Waals surface area contributed by atoms with Crippen molar-refractivity contribution in [2.45, 2.75) is 32.6 Å². The molecule has 1 aliphatic rings. The highest BCUT2D eigenvalue weighted by Crippen LogP contribution is 2.37. The van der Waals surface area contributed by atoms with Crippen LogP contribution in [0.4, 0.5) is 5.69 Å². The molecule has 2 nitrogen and oxygen atoms in total. The average Bonchev–Trinajstić information content (AvgIpc) is 3.02. The third-order valence-electron chi connectivity index (χ3n) is 5.24. The van der Waals surface area contributed by atoms with Gasteiger partial charge in [0.05, 0.1) is 5.70 Å². The zero-order valence-corrected chi connectivity index (χ0v) is 16.3. The van der Waals surface area contributed by atoms with E-state index in [2.05, 4.69) is 37.3 Å². The van der Waals surface area contributed by atoms with Gasteiger partial charge in [0.15, 0.2) is 0 Å². The van der Waals surface area contributed by atoms with Gasteiger partial charge in [0.1, 0.15) is 0 Å². The standard InChI is InChI=1S/C26H25NO/c1-2-3-5-10-20-15-17-21(18-16-20)19-25-23-13-8-9-14-24(23)26(28)27(25)22-11-6-4-7-12-22/h4,6-9,11-19H,2-3,5,10H2,1H3/b25-19-. The van der Waals surface area contributed by atoms with Crippen molar-refractivity contribution < 1.29 is 4.79 Å². The maximum Gasteiger partial charge on any atom is 0.263 e. The highest BCUT2D eigenvalue weighted by Gasteiger charge is 2.32. The van der Waals surface area contributed by atoms with Gasteiger partial charge < -0.3 is 0 Å². The number of aryl methyl sites for hydroxylation is 1. The van der Waals surface area contributed by atoms with Crippen molar-refractivity contribution in [3.8, 4) is 0 Å². The number of benzene rings is 3. The number of carbonyl (C=O) groups excluding carboxylic acids is 1. The normalized spacial score (nSPS) is 14.5. The van der Waals surface area contributed by atoms with Crippen molar-refractivity contribution in [3.63, 3.8) is 0 Å². The summed E-state index contributed by atoms with van der Waals surface area (Å²) in [5.74, 6) is 0.0317. The van der Waals surface area contributed by atoms with E-state index in [0.717, 1.165) is 34.5 Å². The number of rotatable bonds is 6. The summed E-state index contributed by atoms with van der Waals surface area (Å²) < 4.78 is 0. The van der Waals surface area contributed by atoms with E-state index >= 15 is 0 Å². The predicted molar refractivity (Wildman–Crippen MR) is 117 cm³/mol. The van der Waals surface area contributed by atoms with Crippen LogP contribution in [-0.2, 0) is 6.42 Å². The molecule has 0 unspecified atom stereocenters. The zero-order chi connectivity index (χ0) is 19.3. The third kappa shape index (κ3) is 3.63. The Balaban J connectivity index is 1.69. The molecule has 0 saturated heterocycles. The van der Waals surface area contributed by atoms with Gasteiger partial charge in [-0.15, -0.1) is 0 Å². The molecular weight excluding hydrogens is 342 g/mol. The largest absolute Gasteiger partial charge is 0.276 e. The van der Waals surface area contributed by atoms with E-state index < -0.39 is 0 Å². The molecule has 1 heterocycles. The molecule has 0 aromatic heterocycles. The Hall–Kier alpha value is -3.13. The van der Waals surface area contributed by atoms with Gasteiger partial charge in [0.2, 0.25) is 0 Å². The molecule has 2 heteroatoms. The lowest BCUT2D eigenvalue weighted by atomic mass is 10.0. The zero-order valence-electron chi connectivity index (χ0n) is 16.3. The highest BCUT2D eigenvalue weighted by molar-refractivity contribution is 6.24. The number of amides is 1. The van der Waals surface area contributed by atoms with Gasteiger partial charge >= 0.3 is 0 Å². The molecule has 0 fully saturated rings. The molecule has 0 N–H and O–H groups in total. The Kier molecular flexibility index (Phi) is 5.38. The van der Waals surface area contributed by atoms with Gasteiger partial charge in [-0.3, -0.25) is 9.69 Å². The lowest BCUT2D eigenvalue weighted by Gasteiger charge is -2.18. The quantitative estimate of drug-likeness (QED) is 0.451. The minimum Gasteiger partial charge on any atom is -0.276 e. The Morgan fingerprint density at radius 2 is 1.46 bits per heavy atom. The summed E-state index contributed by atoms with van der Waals surface area (Å²) in [6, 6.07) is 26.4. The topological polar surface area (TPSA) is 20.3 Å².